The average Bonchev–Trinajstić information content (AvgIpc) is 3.24. The number of halogens is 4. The Morgan fingerprint density at radius 2 is 1.72 bits per heavy atom. The van der Waals surface area contributed by atoms with Gasteiger partial charge in [0.05, 0.1) is 13.2 Å². The zero-order valence-corrected chi connectivity index (χ0v) is 20.3. The van der Waals surface area contributed by atoms with Gasteiger partial charge in [0.25, 0.3) is 5.91 Å². The van der Waals surface area contributed by atoms with Gasteiger partial charge in [-0.2, -0.15) is 18.3 Å². The van der Waals surface area contributed by atoms with Crippen LogP contribution in [-0.4, -0.2) is 60.1 Å². The van der Waals surface area contributed by atoms with Crippen LogP contribution in [0.15, 0.2) is 54.6 Å². The molecule has 7 nitrogen and oxygen atoms in total. The number of nitrogens with zero attached hydrogens (tertiary/aromatic N) is 4. The van der Waals surface area contributed by atoms with E-state index in [9.17, 15) is 18.0 Å². The Bertz CT molecular complexity index is 1220. The highest BCUT2D eigenvalue weighted by Gasteiger charge is 2.48. The summed E-state index contributed by atoms with van der Waals surface area (Å²) in [5, 5.41) is 7.06. The second kappa shape index (κ2) is 9.57. The van der Waals surface area contributed by atoms with Crippen LogP contribution in [0.3, 0.4) is 0 Å². The number of rotatable bonds is 4. The number of ether oxygens (including phenoxy) is 1. The van der Waals surface area contributed by atoms with Crippen molar-refractivity contribution in [1.82, 2.24) is 14.7 Å². The number of piperazine rings is 1. The number of hydrogen-bond acceptors (Lipinski definition) is 5. The van der Waals surface area contributed by atoms with Gasteiger partial charge in [-0.05, 0) is 29.8 Å². The summed E-state index contributed by atoms with van der Waals surface area (Å²) in [6.45, 7) is 2.03. The van der Waals surface area contributed by atoms with Crippen molar-refractivity contribution in [2.24, 2.45) is 0 Å². The molecule has 11 heteroatoms. The van der Waals surface area contributed by atoms with E-state index in [1.165, 1.54) is 7.11 Å². The standard InChI is InChI=1S/C25H25ClF3N5O2/c1-36-18-9-7-16(8-10-18)19-15-20(25(27,28)29)34-23(30-19)21(26)22(31-34)24(35)33-13-11-32(12-14-33)17-5-3-2-4-6-17/h2-10,19-20,30H,11-15H2,1H3/t19-,20-/m1/s1. The largest absolute Gasteiger partial charge is 0.497 e. The van der Waals surface area contributed by atoms with Gasteiger partial charge in [0.15, 0.2) is 11.7 Å². The monoisotopic (exact) mass is 519 g/mol. The van der Waals surface area contributed by atoms with E-state index in [-0.39, 0.29) is 23.0 Å². The number of para-hydroxylation sites is 1. The summed E-state index contributed by atoms with van der Waals surface area (Å²) in [7, 11) is 1.52. The molecule has 0 saturated carbocycles. The minimum atomic E-state index is -4.57. The maximum absolute atomic E-state index is 14.1. The van der Waals surface area contributed by atoms with Crippen molar-refractivity contribution in [3.63, 3.8) is 0 Å². The van der Waals surface area contributed by atoms with Gasteiger partial charge < -0.3 is 19.9 Å². The Balaban J connectivity index is 1.39. The zero-order chi connectivity index (χ0) is 25.4. The highest BCUT2D eigenvalue weighted by molar-refractivity contribution is 6.36. The molecule has 3 heterocycles. The first kappa shape index (κ1) is 24.3. The molecule has 1 fully saturated rings. The zero-order valence-electron chi connectivity index (χ0n) is 19.5. The second-order valence-electron chi connectivity index (χ2n) is 8.83. The summed E-state index contributed by atoms with van der Waals surface area (Å²) in [4.78, 5) is 17.0. The van der Waals surface area contributed by atoms with Gasteiger partial charge in [0.2, 0.25) is 0 Å². The number of anilines is 2. The highest BCUT2D eigenvalue weighted by atomic mass is 35.5. The van der Waals surface area contributed by atoms with E-state index < -0.39 is 24.2 Å². The summed E-state index contributed by atoms with van der Waals surface area (Å²) in [5.74, 6) is 0.126. The molecule has 2 aliphatic heterocycles. The lowest BCUT2D eigenvalue weighted by atomic mass is 9.97. The van der Waals surface area contributed by atoms with Gasteiger partial charge in [-0.1, -0.05) is 41.9 Å². The molecule has 2 atom stereocenters. The maximum Gasteiger partial charge on any atom is 0.410 e. The Labute approximate surface area is 211 Å². The van der Waals surface area contributed by atoms with Crippen LogP contribution in [0.4, 0.5) is 24.7 Å². The van der Waals surface area contributed by atoms with Crippen LogP contribution >= 0.6 is 11.6 Å². The minimum Gasteiger partial charge on any atom is -0.497 e. The summed E-state index contributed by atoms with van der Waals surface area (Å²) >= 11 is 6.51. The summed E-state index contributed by atoms with van der Waals surface area (Å²) in [6.07, 6.45) is -4.86. The van der Waals surface area contributed by atoms with Gasteiger partial charge in [0.1, 0.15) is 16.6 Å². The normalized spacial score (nSPS) is 20.0. The molecule has 2 aliphatic rings. The van der Waals surface area contributed by atoms with Crippen molar-refractivity contribution < 1.29 is 22.7 Å². The van der Waals surface area contributed by atoms with Gasteiger partial charge in [-0.25, -0.2) is 4.68 Å². The first-order chi connectivity index (χ1) is 17.3. The van der Waals surface area contributed by atoms with Crippen LogP contribution in [0, 0.1) is 0 Å². The number of aromatic nitrogens is 2. The van der Waals surface area contributed by atoms with Crippen LogP contribution < -0.4 is 15.0 Å². The average molecular weight is 520 g/mol. The Kier molecular flexibility index (Phi) is 6.46. The van der Waals surface area contributed by atoms with Crippen molar-refractivity contribution in [2.45, 2.75) is 24.7 Å². The van der Waals surface area contributed by atoms with E-state index in [0.29, 0.717) is 37.5 Å². The quantitative estimate of drug-likeness (QED) is 0.515. The number of alkyl halides is 3. The Morgan fingerprint density at radius 3 is 2.33 bits per heavy atom. The van der Waals surface area contributed by atoms with Gasteiger partial charge in [-0.15, -0.1) is 0 Å². The number of amides is 1. The lowest BCUT2D eigenvalue weighted by Gasteiger charge is -2.35. The van der Waals surface area contributed by atoms with E-state index in [1.54, 1.807) is 29.2 Å². The molecule has 1 saturated heterocycles. The highest BCUT2D eigenvalue weighted by Crippen LogP contribution is 2.46. The third-order valence-electron chi connectivity index (χ3n) is 6.70. The summed E-state index contributed by atoms with van der Waals surface area (Å²) in [5.41, 5.74) is 1.54. The fourth-order valence-corrected chi connectivity index (χ4v) is 5.00. The fourth-order valence-electron chi connectivity index (χ4n) is 4.74. The molecule has 0 unspecified atom stereocenters. The molecule has 1 aromatic heterocycles. The lowest BCUT2D eigenvalue weighted by Crippen LogP contribution is -2.49. The predicted molar refractivity (Wildman–Crippen MR) is 131 cm³/mol. The van der Waals surface area contributed by atoms with Crippen LogP contribution in [0.1, 0.15) is 34.6 Å². The predicted octanol–water partition coefficient (Wildman–Crippen LogP) is 5.17. The van der Waals surface area contributed by atoms with E-state index in [1.807, 2.05) is 30.3 Å². The van der Waals surface area contributed by atoms with Crippen molar-refractivity contribution in [3.05, 3.63) is 70.9 Å². The second-order valence-corrected chi connectivity index (χ2v) is 9.21. The number of fused-ring (bicyclic) bond motifs is 1. The molecule has 0 aliphatic carbocycles. The summed E-state index contributed by atoms with van der Waals surface area (Å²) in [6, 6.07) is 14.1. The number of nitrogens with one attached hydrogen (secondary N) is 1. The van der Waals surface area contributed by atoms with Crippen LogP contribution in [0.2, 0.25) is 5.02 Å². The number of carbonyl (C=O) groups excluding carboxylic acids is 1. The number of hydrogen-bond donors (Lipinski definition) is 1. The molecule has 1 amide bonds. The van der Waals surface area contributed by atoms with Crippen molar-refractivity contribution in [1.29, 1.82) is 0 Å². The molecular formula is C25H25ClF3N5O2. The first-order valence-electron chi connectivity index (χ1n) is 11.6. The minimum absolute atomic E-state index is 0.00247. The molecule has 3 aromatic rings. The molecule has 190 valence electrons. The van der Waals surface area contributed by atoms with Gasteiger partial charge >= 0.3 is 6.18 Å². The van der Waals surface area contributed by atoms with Crippen molar-refractivity contribution in [3.8, 4) is 5.75 Å². The van der Waals surface area contributed by atoms with E-state index >= 15 is 0 Å². The third-order valence-corrected chi connectivity index (χ3v) is 7.06. The molecule has 36 heavy (non-hydrogen) atoms. The maximum atomic E-state index is 14.1. The third kappa shape index (κ3) is 4.57. The van der Waals surface area contributed by atoms with E-state index in [2.05, 4.69) is 15.3 Å². The van der Waals surface area contributed by atoms with E-state index in [0.717, 1.165) is 10.4 Å². The van der Waals surface area contributed by atoms with Crippen LogP contribution in [0.5, 0.6) is 5.75 Å². The molecule has 0 spiro atoms. The van der Waals surface area contributed by atoms with Crippen molar-refractivity contribution >= 4 is 29.0 Å². The molecule has 5 rings (SSSR count). The molecule has 0 radical (unpaired) electrons. The Hall–Kier alpha value is -3.40. The topological polar surface area (TPSA) is 62.6 Å². The fraction of sp³-hybridized carbons (Fsp3) is 0.360. The van der Waals surface area contributed by atoms with Crippen LogP contribution in [-0.2, 0) is 0 Å². The molecular weight excluding hydrogens is 495 g/mol. The van der Waals surface area contributed by atoms with Gasteiger partial charge in [-0.3, -0.25) is 4.79 Å². The SMILES string of the molecule is COc1ccc([C@H]2C[C@H](C(F)(F)F)n3nc(C(=O)N4CCN(c5ccccc5)CC4)c(Cl)c3N2)cc1. The number of benzene rings is 2. The van der Waals surface area contributed by atoms with E-state index in [4.69, 9.17) is 16.3 Å². The summed E-state index contributed by atoms with van der Waals surface area (Å²) < 4.78 is 48.2. The number of methoxy groups -OCH3 is 1. The number of carbonyl (C=O) groups is 1. The molecule has 0 bridgehead atoms. The van der Waals surface area contributed by atoms with Crippen LogP contribution in [0.25, 0.3) is 0 Å². The molecule has 2 aromatic carbocycles. The van der Waals surface area contributed by atoms with Gasteiger partial charge in [0, 0.05) is 38.3 Å². The lowest BCUT2D eigenvalue weighted by molar-refractivity contribution is -0.173. The molecule has 1 N–H and O–H groups in total. The van der Waals surface area contributed by atoms with Crippen molar-refractivity contribution in [2.75, 3.05) is 43.5 Å². The smallest absolute Gasteiger partial charge is 0.410 e. The Morgan fingerprint density at radius 1 is 1.06 bits per heavy atom. The first-order valence-corrected chi connectivity index (χ1v) is 12.0.